The molecule has 182 valence electrons. The Hall–Kier alpha value is -3.97. The number of benzene rings is 3. The second kappa shape index (κ2) is 10.3. The Morgan fingerprint density at radius 2 is 1.89 bits per heavy atom. The minimum absolute atomic E-state index is 0.535. The predicted molar refractivity (Wildman–Crippen MR) is 141 cm³/mol. The SMILES string of the molecule is COCCC1(Oc2ccc(Oc3ccc4c(cnn4-c4cccc(C#N)c4)c3)cc2)CNCNC1=S. The van der Waals surface area contributed by atoms with Crippen LogP contribution in [0.15, 0.2) is 72.9 Å². The van der Waals surface area contributed by atoms with Gasteiger partial charge in [-0.25, -0.2) is 4.68 Å². The molecule has 1 aliphatic heterocycles. The number of nitrogens with zero attached hydrogens (tertiary/aromatic N) is 3. The number of ether oxygens (including phenoxy) is 3. The Morgan fingerprint density at radius 3 is 2.67 bits per heavy atom. The normalized spacial score (nSPS) is 17.4. The van der Waals surface area contributed by atoms with Crippen LogP contribution in [-0.4, -0.2) is 47.3 Å². The van der Waals surface area contributed by atoms with Crippen molar-refractivity contribution in [3.8, 4) is 29.0 Å². The summed E-state index contributed by atoms with van der Waals surface area (Å²) in [5.41, 5.74) is 1.68. The first-order valence-corrected chi connectivity index (χ1v) is 11.9. The van der Waals surface area contributed by atoms with Crippen molar-refractivity contribution >= 4 is 28.1 Å². The van der Waals surface area contributed by atoms with E-state index in [0.717, 1.165) is 16.6 Å². The van der Waals surface area contributed by atoms with Crippen LogP contribution in [0, 0.1) is 11.3 Å². The van der Waals surface area contributed by atoms with Crippen LogP contribution >= 0.6 is 12.2 Å². The van der Waals surface area contributed by atoms with Crippen LogP contribution in [-0.2, 0) is 4.74 Å². The second-order valence-corrected chi connectivity index (χ2v) is 8.87. The van der Waals surface area contributed by atoms with Gasteiger partial charge in [-0.05, 0) is 60.7 Å². The molecule has 0 radical (unpaired) electrons. The largest absolute Gasteiger partial charge is 0.479 e. The van der Waals surface area contributed by atoms with E-state index in [2.05, 4.69) is 21.8 Å². The number of thiocarbonyl (C=S) groups is 1. The highest BCUT2D eigenvalue weighted by molar-refractivity contribution is 7.80. The Morgan fingerprint density at radius 1 is 1.08 bits per heavy atom. The monoisotopic (exact) mass is 499 g/mol. The molecule has 1 saturated heterocycles. The number of hydrogen-bond acceptors (Lipinski definition) is 7. The molecule has 0 spiro atoms. The minimum Gasteiger partial charge on any atom is -0.479 e. The maximum atomic E-state index is 9.19. The van der Waals surface area contributed by atoms with Crippen LogP contribution in [0.2, 0.25) is 0 Å². The molecular formula is C27H25N5O3S. The van der Waals surface area contributed by atoms with E-state index in [1.807, 2.05) is 65.3 Å². The molecule has 8 nitrogen and oxygen atoms in total. The third-order valence-corrected chi connectivity index (χ3v) is 6.56. The summed E-state index contributed by atoms with van der Waals surface area (Å²) in [6.45, 7) is 1.77. The van der Waals surface area contributed by atoms with E-state index in [1.54, 1.807) is 19.4 Å². The van der Waals surface area contributed by atoms with Gasteiger partial charge in [0.2, 0.25) is 0 Å². The molecule has 4 aromatic rings. The van der Waals surface area contributed by atoms with Crippen molar-refractivity contribution in [1.29, 1.82) is 5.26 Å². The van der Waals surface area contributed by atoms with Crippen LogP contribution in [0.5, 0.6) is 17.2 Å². The van der Waals surface area contributed by atoms with Gasteiger partial charge in [0.25, 0.3) is 0 Å². The number of nitriles is 1. The summed E-state index contributed by atoms with van der Waals surface area (Å²) in [4.78, 5) is 0.673. The molecule has 0 aliphatic carbocycles. The molecule has 0 saturated carbocycles. The number of methoxy groups -OCH3 is 1. The molecule has 1 aromatic heterocycles. The van der Waals surface area contributed by atoms with Gasteiger partial charge in [0.15, 0.2) is 5.60 Å². The van der Waals surface area contributed by atoms with Crippen molar-refractivity contribution in [3.63, 3.8) is 0 Å². The van der Waals surface area contributed by atoms with Crippen molar-refractivity contribution in [1.82, 2.24) is 20.4 Å². The highest BCUT2D eigenvalue weighted by atomic mass is 32.1. The molecule has 2 N–H and O–H groups in total. The van der Waals surface area contributed by atoms with Gasteiger partial charge in [-0.1, -0.05) is 18.3 Å². The third kappa shape index (κ3) is 4.88. The van der Waals surface area contributed by atoms with Crippen molar-refractivity contribution in [3.05, 3.63) is 78.5 Å². The van der Waals surface area contributed by atoms with E-state index in [1.165, 1.54) is 0 Å². The van der Waals surface area contributed by atoms with E-state index in [-0.39, 0.29) is 0 Å². The highest BCUT2D eigenvalue weighted by Crippen LogP contribution is 2.30. The number of rotatable bonds is 8. The van der Waals surface area contributed by atoms with Crippen molar-refractivity contribution in [2.45, 2.75) is 12.0 Å². The highest BCUT2D eigenvalue weighted by Gasteiger charge is 2.39. The average Bonchev–Trinajstić information content (AvgIpc) is 3.33. The molecule has 9 heteroatoms. The second-order valence-electron chi connectivity index (χ2n) is 8.46. The zero-order valence-electron chi connectivity index (χ0n) is 19.7. The fourth-order valence-electron chi connectivity index (χ4n) is 4.18. The van der Waals surface area contributed by atoms with Gasteiger partial charge in [-0.15, -0.1) is 0 Å². The standard InChI is InChI=1S/C27H25N5O3S/c1-33-12-11-27(17-29-18-30-26(27)36)35-23-7-5-22(6-8-23)34-24-9-10-25-20(14-24)16-31-32(25)21-4-2-3-19(13-21)15-28/h2-10,13-14,16,29H,11-12,17-18H2,1H3,(H,30,36). The van der Waals surface area contributed by atoms with Crippen LogP contribution in [0.25, 0.3) is 16.6 Å². The molecule has 0 amide bonds. The Balaban J connectivity index is 1.31. The molecule has 0 bridgehead atoms. The Bertz CT molecular complexity index is 1430. The van der Waals surface area contributed by atoms with Gasteiger partial charge in [0, 0.05) is 25.5 Å². The summed E-state index contributed by atoms with van der Waals surface area (Å²) < 4.78 is 19.5. The van der Waals surface area contributed by atoms with E-state index in [4.69, 9.17) is 26.4 Å². The van der Waals surface area contributed by atoms with Crippen molar-refractivity contribution < 1.29 is 14.2 Å². The molecular weight excluding hydrogens is 474 g/mol. The number of nitrogens with one attached hydrogen (secondary N) is 2. The quantitative estimate of drug-likeness (QED) is 0.346. The topological polar surface area (TPSA) is 93.4 Å². The number of fused-ring (bicyclic) bond motifs is 1. The van der Waals surface area contributed by atoms with Crippen LogP contribution < -0.4 is 20.1 Å². The lowest BCUT2D eigenvalue weighted by Gasteiger charge is -2.39. The summed E-state index contributed by atoms with van der Waals surface area (Å²) in [5, 5.41) is 21.1. The molecule has 36 heavy (non-hydrogen) atoms. The van der Waals surface area contributed by atoms with Crippen molar-refractivity contribution in [2.75, 3.05) is 26.9 Å². The maximum Gasteiger partial charge on any atom is 0.173 e. The molecule has 1 aliphatic rings. The van der Waals surface area contributed by atoms with E-state index in [9.17, 15) is 5.26 Å². The lowest BCUT2D eigenvalue weighted by molar-refractivity contribution is 0.0786. The smallest absolute Gasteiger partial charge is 0.173 e. The van der Waals surface area contributed by atoms with Gasteiger partial charge < -0.3 is 19.5 Å². The Labute approximate surface area is 214 Å². The van der Waals surface area contributed by atoms with Crippen molar-refractivity contribution in [2.24, 2.45) is 0 Å². The molecule has 1 fully saturated rings. The summed E-state index contributed by atoms with van der Waals surface area (Å²) >= 11 is 5.57. The maximum absolute atomic E-state index is 9.19. The predicted octanol–water partition coefficient (Wildman–Crippen LogP) is 4.32. The van der Waals surface area contributed by atoms with Crippen LogP contribution in [0.1, 0.15) is 12.0 Å². The molecule has 2 heterocycles. The van der Waals surface area contributed by atoms with Gasteiger partial charge in [0.05, 0.1) is 42.3 Å². The summed E-state index contributed by atoms with van der Waals surface area (Å²) in [7, 11) is 1.67. The molecule has 3 aromatic carbocycles. The number of aromatic nitrogens is 2. The van der Waals surface area contributed by atoms with Gasteiger partial charge >= 0.3 is 0 Å². The first kappa shape index (κ1) is 23.8. The first-order chi connectivity index (χ1) is 17.6. The van der Waals surface area contributed by atoms with E-state index >= 15 is 0 Å². The average molecular weight is 500 g/mol. The fraction of sp³-hybridized carbons (Fsp3) is 0.222. The first-order valence-electron chi connectivity index (χ1n) is 11.5. The minimum atomic E-state index is -0.663. The van der Waals surface area contributed by atoms with Crippen LogP contribution in [0.3, 0.4) is 0 Å². The molecule has 1 atom stereocenters. The lowest BCUT2D eigenvalue weighted by atomic mass is 9.97. The van der Waals surface area contributed by atoms with Crippen LogP contribution in [0.4, 0.5) is 0 Å². The van der Waals surface area contributed by atoms with E-state index in [0.29, 0.717) is 54.0 Å². The molecule has 5 rings (SSSR count). The lowest BCUT2D eigenvalue weighted by Crippen LogP contribution is -2.63. The van der Waals surface area contributed by atoms with Gasteiger partial charge in [-0.2, -0.15) is 10.4 Å². The van der Waals surface area contributed by atoms with Gasteiger partial charge in [0.1, 0.15) is 22.2 Å². The summed E-state index contributed by atoms with van der Waals surface area (Å²) in [6.07, 6.45) is 2.42. The molecule has 1 unspecified atom stereocenters. The fourth-order valence-corrected chi connectivity index (χ4v) is 4.46. The van der Waals surface area contributed by atoms with Gasteiger partial charge in [-0.3, -0.25) is 5.32 Å². The zero-order valence-corrected chi connectivity index (χ0v) is 20.5. The summed E-state index contributed by atoms with van der Waals surface area (Å²) in [6, 6.07) is 22.8. The number of hydrogen-bond donors (Lipinski definition) is 2. The summed E-state index contributed by atoms with van der Waals surface area (Å²) in [5.74, 6) is 2.08. The van der Waals surface area contributed by atoms with E-state index < -0.39 is 5.60 Å². The zero-order chi connectivity index (χ0) is 25.0. The third-order valence-electron chi connectivity index (χ3n) is 6.04. The Kier molecular flexibility index (Phi) is 6.82.